The minimum atomic E-state index is -0.679. The maximum Gasteiger partial charge on any atom is 0.286 e. The minimum absolute atomic E-state index is 0.00301. The van der Waals surface area contributed by atoms with Crippen molar-refractivity contribution in [2.75, 3.05) is 0 Å². The van der Waals surface area contributed by atoms with Crippen LogP contribution in [-0.2, 0) is 4.79 Å². The van der Waals surface area contributed by atoms with Crippen molar-refractivity contribution < 1.29 is 9.18 Å². The second-order valence-corrected chi connectivity index (χ2v) is 3.05. The van der Waals surface area contributed by atoms with Gasteiger partial charge in [0.25, 0.3) is 5.91 Å². The summed E-state index contributed by atoms with van der Waals surface area (Å²) in [5.41, 5.74) is 7.98. The Kier molecular flexibility index (Phi) is 2.24. The molecule has 0 bridgehead atoms. The van der Waals surface area contributed by atoms with Gasteiger partial charge < -0.3 is 11.1 Å². The molecule has 0 fully saturated rings. The van der Waals surface area contributed by atoms with Gasteiger partial charge >= 0.3 is 0 Å². The number of hydrazone groups is 1. The number of nitrogens with one attached hydrogen (secondary N) is 2. The van der Waals surface area contributed by atoms with E-state index >= 15 is 0 Å². The van der Waals surface area contributed by atoms with Gasteiger partial charge in [0, 0.05) is 5.56 Å². The SMILES string of the molecule is NC(=O)C1=NNC(c2ccccc2F)N1. The Bertz CT molecular complexity index is 432. The van der Waals surface area contributed by atoms with Crippen LogP contribution in [-0.4, -0.2) is 11.7 Å². The largest absolute Gasteiger partial charge is 0.363 e. The van der Waals surface area contributed by atoms with Gasteiger partial charge in [0.2, 0.25) is 5.84 Å². The predicted molar refractivity (Wildman–Crippen MR) is 52.0 cm³/mol. The third kappa shape index (κ3) is 1.74. The molecule has 6 heteroatoms. The Morgan fingerprint density at radius 2 is 2.20 bits per heavy atom. The summed E-state index contributed by atoms with van der Waals surface area (Å²) in [6, 6.07) is 6.22. The lowest BCUT2D eigenvalue weighted by molar-refractivity contribution is -0.112. The summed E-state index contributed by atoms with van der Waals surface area (Å²) in [6.07, 6.45) is -0.548. The van der Waals surface area contributed by atoms with Crippen molar-refractivity contribution in [3.8, 4) is 0 Å². The first-order valence-corrected chi connectivity index (χ1v) is 4.32. The maximum atomic E-state index is 13.3. The highest BCUT2D eigenvalue weighted by Crippen LogP contribution is 2.16. The van der Waals surface area contributed by atoms with E-state index < -0.39 is 12.1 Å². The molecule has 1 atom stereocenters. The van der Waals surface area contributed by atoms with Crippen molar-refractivity contribution >= 4 is 11.7 Å². The molecule has 0 saturated heterocycles. The second-order valence-electron chi connectivity index (χ2n) is 3.05. The summed E-state index contributed by atoms with van der Waals surface area (Å²) >= 11 is 0. The van der Waals surface area contributed by atoms with Crippen LogP contribution in [0.5, 0.6) is 0 Å². The van der Waals surface area contributed by atoms with Crippen molar-refractivity contribution in [3.63, 3.8) is 0 Å². The molecule has 4 N–H and O–H groups in total. The first kappa shape index (κ1) is 9.45. The summed E-state index contributed by atoms with van der Waals surface area (Å²) in [4.78, 5) is 10.8. The van der Waals surface area contributed by atoms with Gasteiger partial charge in [0.05, 0.1) is 0 Å². The lowest BCUT2D eigenvalue weighted by Gasteiger charge is -2.12. The van der Waals surface area contributed by atoms with E-state index in [1.54, 1.807) is 18.2 Å². The van der Waals surface area contributed by atoms with Gasteiger partial charge in [0.15, 0.2) is 0 Å². The van der Waals surface area contributed by atoms with Crippen LogP contribution in [0.2, 0.25) is 0 Å². The Hall–Kier alpha value is -2.11. The van der Waals surface area contributed by atoms with Crippen LogP contribution in [0.1, 0.15) is 11.7 Å². The molecule has 1 unspecified atom stereocenters. The summed E-state index contributed by atoms with van der Waals surface area (Å²) in [5.74, 6) is -1.05. The average Bonchev–Trinajstić information content (AvgIpc) is 2.67. The summed E-state index contributed by atoms with van der Waals surface area (Å²) in [7, 11) is 0. The number of nitrogens with zero attached hydrogens (tertiary/aromatic N) is 1. The Balaban J connectivity index is 2.17. The molecule has 0 saturated carbocycles. The number of hydrogen-bond donors (Lipinski definition) is 3. The fourth-order valence-corrected chi connectivity index (χ4v) is 1.31. The smallest absolute Gasteiger partial charge is 0.286 e. The molecule has 1 aliphatic heterocycles. The van der Waals surface area contributed by atoms with Crippen LogP contribution in [0.15, 0.2) is 29.4 Å². The van der Waals surface area contributed by atoms with E-state index in [0.29, 0.717) is 5.56 Å². The zero-order valence-electron chi connectivity index (χ0n) is 7.70. The Labute approximate surface area is 85.2 Å². The monoisotopic (exact) mass is 208 g/mol. The molecule has 1 amide bonds. The molecule has 2 rings (SSSR count). The van der Waals surface area contributed by atoms with Crippen LogP contribution in [0, 0.1) is 5.82 Å². The summed E-state index contributed by atoms with van der Waals surface area (Å²) in [5, 5.41) is 6.32. The molecule has 5 nitrogen and oxygen atoms in total. The van der Waals surface area contributed by atoms with Crippen LogP contribution in [0.4, 0.5) is 4.39 Å². The number of primary amides is 1. The van der Waals surface area contributed by atoms with Gasteiger partial charge in [0.1, 0.15) is 12.0 Å². The van der Waals surface area contributed by atoms with Gasteiger partial charge in [-0.1, -0.05) is 18.2 Å². The summed E-state index contributed by atoms with van der Waals surface area (Å²) in [6.45, 7) is 0. The molecular weight excluding hydrogens is 199 g/mol. The van der Waals surface area contributed by atoms with Crippen molar-refractivity contribution in [3.05, 3.63) is 35.6 Å². The molecule has 1 aliphatic rings. The van der Waals surface area contributed by atoms with Crippen LogP contribution in [0.25, 0.3) is 0 Å². The van der Waals surface area contributed by atoms with E-state index in [9.17, 15) is 9.18 Å². The van der Waals surface area contributed by atoms with E-state index in [0.717, 1.165) is 0 Å². The van der Waals surface area contributed by atoms with E-state index in [2.05, 4.69) is 15.8 Å². The number of nitrogens with two attached hydrogens (primary N) is 1. The third-order valence-corrected chi connectivity index (χ3v) is 2.04. The fraction of sp³-hybridized carbons (Fsp3) is 0.111. The van der Waals surface area contributed by atoms with Crippen molar-refractivity contribution in [1.29, 1.82) is 0 Å². The van der Waals surface area contributed by atoms with Crippen LogP contribution >= 0.6 is 0 Å². The van der Waals surface area contributed by atoms with Gasteiger partial charge in [-0.2, -0.15) is 5.10 Å². The zero-order valence-corrected chi connectivity index (χ0v) is 7.70. The van der Waals surface area contributed by atoms with Crippen LogP contribution < -0.4 is 16.5 Å². The molecule has 78 valence electrons. The van der Waals surface area contributed by atoms with Gasteiger partial charge in [-0.25, -0.2) is 4.39 Å². The normalized spacial score (nSPS) is 19.0. The highest BCUT2D eigenvalue weighted by molar-refractivity contribution is 6.37. The maximum absolute atomic E-state index is 13.3. The highest BCUT2D eigenvalue weighted by atomic mass is 19.1. The Morgan fingerprint density at radius 3 is 2.80 bits per heavy atom. The van der Waals surface area contributed by atoms with E-state index in [1.165, 1.54) is 6.07 Å². The van der Waals surface area contributed by atoms with E-state index in [-0.39, 0.29) is 11.7 Å². The molecular formula is C9H9FN4O. The lowest BCUT2D eigenvalue weighted by Crippen LogP contribution is -2.35. The molecule has 1 aromatic carbocycles. The first-order valence-electron chi connectivity index (χ1n) is 4.32. The van der Waals surface area contributed by atoms with Gasteiger partial charge in [-0.3, -0.25) is 10.2 Å². The quantitative estimate of drug-likeness (QED) is 0.630. The molecule has 1 aromatic rings. The average molecular weight is 208 g/mol. The molecule has 1 heterocycles. The molecule has 0 radical (unpaired) electrons. The Morgan fingerprint density at radius 1 is 1.47 bits per heavy atom. The number of amidine groups is 1. The van der Waals surface area contributed by atoms with Crippen LogP contribution in [0.3, 0.4) is 0 Å². The molecule has 15 heavy (non-hydrogen) atoms. The number of carbonyl (C=O) groups is 1. The van der Waals surface area contributed by atoms with Gasteiger partial charge in [-0.15, -0.1) is 0 Å². The molecule has 0 spiro atoms. The third-order valence-electron chi connectivity index (χ3n) is 2.04. The number of halogens is 1. The number of carbonyl (C=O) groups excluding carboxylic acids is 1. The van der Waals surface area contributed by atoms with E-state index in [4.69, 9.17) is 5.73 Å². The first-order chi connectivity index (χ1) is 7.18. The standard InChI is InChI=1S/C9H9FN4O/c10-6-4-2-1-3-5(6)8-12-9(7(11)15)14-13-8/h1-4,8,13H,(H2,11,15)(H,12,14). The predicted octanol–water partition coefficient (Wildman–Crippen LogP) is -0.184. The second kappa shape index (κ2) is 3.56. The van der Waals surface area contributed by atoms with E-state index in [1.807, 2.05) is 0 Å². The highest BCUT2D eigenvalue weighted by Gasteiger charge is 2.23. The fourth-order valence-electron chi connectivity index (χ4n) is 1.31. The van der Waals surface area contributed by atoms with Crippen molar-refractivity contribution in [2.45, 2.75) is 6.17 Å². The number of rotatable bonds is 2. The number of benzene rings is 1. The summed E-state index contributed by atoms with van der Waals surface area (Å²) < 4.78 is 13.3. The number of hydrogen-bond acceptors (Lipinski definition) is 4. The number of amides is 1. The van der Waals surface area contributed by atoms with Crippen molar-refractivity contribution in [2.24, 2.45) is 10.8 Å². The minimum Gasteiger partial charge on any atom is -0.363 e. The van der Waals surface area contributed by atoms with Crippen molar-refractivity contribution in [1.82, 2.24) is 10.7 Å². The topological polar surface area (TPSA) is 79.5 Å². The molecule has 0 aliphatic carbocycles. The lowest BCUT2D eigenvalue weighted by atomic mass is 10.1. The molecule has 0 aromatic heterocycles. The van der Waals surface area contributed by atoms with Gasteiger partial charge in [-0.05, 0) is 6.07 Å². The zero-order chi connectivity index (χ0) is 10.8.